The van der Waals surface area contributed by atoms with Gasteiger partial charge in [0, 0.05) is 17.9 Å². The fourth-order valence-corrected chi connectivity index (χ4v) is 1.83. The molecule has 0 fully saturated rings. The van der Waals surface area contributed by atoms with Gasteiger partial charge in [0.15, 0.2) is 0 Å². The van der Waals surface area contributed by atoms with E-state index in [1.165, 1.54) is 7.11 Å². The Bertz CT molecular complexity index is 449. The van der Waals surface area contributed by atoms with Crippen LogP contribution in [0.5, 0.6) is 0 Å². The molecule has 0 aromatic heterocycles. The maximum atomic E-state index is 12.1. The number of nitrogens with one attached hydrogen (secondary N) is 1. The zero-order valence-electron chi connectivity index (χ0n) is 12.6. The van der Waals surface area contributed by atoms with E-state index in [0.29, 0.717) is 12.8 Å². The van der Waals surface area contributed by atoms with Gasteiger partial charge in [0.1, 0.15) is 5.78 Å². The second-order valence-electron chi connectivity index (χ2n) is 5.90. The smallest absolute Gasteiger partial charge is 0.407 e. The average Bonchev–Trinajstić information content (AvgIpc) is 2.38. The minimum atomic E-state index is -0.507. The highest BCUT2D eigenvalue weighted by Crippen LogP contribution is 2.19. The van der Waals surface area contributed by atoms with E-state index in [1.54, 1.807) is 0 Å². The first-order valence-corrected chi connectivity index (χ1v) is 6.74. The van der Waals surface area contributed by atoms with Gasteiger partial charge in [0.05, 0.1) is 7.11 Å². The fourth-order valence-electron chi connectivity index (χ4n) is 1.83. The second kappa shape index (κ2) is 7.08. The lowest BCUT2D eigenvalue weighted by molar-refractivity contribution is -0.126. The molecule has 1 rings (SSSR count). The van der Waals surface area contributed by atoms with Gasteiger partial charge in [0.25, 0.3) is 0 Å². The third-order valence-corrected chi connectivity index (χ3v) is 3.10. The lowest BCUT2D eigenvalue weighted by atomic mass is 9.86. The number of hydrogen-bond acceptors (Lipinski definition) is 3. The van der Waals surface area contributed by atoms with Crippen LogP contribution in [-0.4, -0.2) is 25.0 Å². The highest BCUT2D eigenvalue weighted by atomic mass is 16.5. The van der Waals surface area contributed by atoms with Crippen molar-refractivity contribution in [2.45, 2.75) is 39.7 Å². The molecule has 1 amide bonds. The Morgan fingerprint density at radius 1 is 1.20 bits per heavy atom. The minimum absolute atomic E-state index is 0.120. The highest BCUT2D eigenvalue weighted by molar-refractivity contribution is 5.84. The first-order chi connectivity index (χ1) is 9.32. The van der Waals surface area contributed by atoms with Gasteiger partial charge in [-0.25, -0.2) is 4.79 Å². The first-order valence-electron chi connectivity index (χ1n) is 6.74. The maximum Gasteiger partial charge on any atom is 0.407 e. The van der Waals surface area contributed by atoms with Gasteiger partial charge in [0.2, 0.25) is 0 Å². The van der Waals surface area contributed by atoms with Crippen LogP contribution in [0.25, 0.3) is 0 Å². The summed E-state index contributed by atoms with van der Waals surface area (Å²) in [6.07, 6.45) is 0.401. The molecule has 0 aliphatic heterocycles. The standard InChI is InChI=1S/C16H23NO3/c1-16(2,3)14(18)11-13(17-15(19)20-4)10-12-8-6-5-7-9-12/h5-9,13H,10-11H2,1-4H3,(H,17,19)/t13-/m1/s1. The van der Waals surface area contributed by atoms with Crippen molar-refractivity contribution in [3.8, 4) is 0 Å². The van der Waals surface area contributed by atoms with E-state index < -0.39 is 11.5 Å². The van der Waals surface area contributed by atoms with E-state index in [2.05, 4.69) is 10.1 Å². The van der Waals surface area contributed by atoms with E-state index in [-0.39, 0.29) is 11.8 Å². The molecule has 0 spiro atoms. The Morgan fingerprint density at radius 3 is 2.30 bits per heavy atom. The molecular weight excluding hydrogens is 254 g/mol. The van der Waals surface area contributed by atoms with Crippen LogP contribution in [0.3, 0.4) is 0 Å². The number of benzene rings is 1. The number of carbonyl (C=O) groups is 2. The number of methoxy groups -OCH3 is 1. The molecule has 0 saturated carbocycles. The number of alkyl carbamates (subject to hydrolysis) is 1. The highest BCUT2D eigenvalue weighted by Gasteiger charge is 2.25. The van der Waals surface area contributed by atoms with Gasteiger partial charge in [-0.1, -0.05) is 51.1 Å². The van der Waals surface area contributed by atoms with Crippen LogP contribution in [0.2, 0.25) is 0 Å². The maximum absolute atomic E-state index is 12.1. The average molecular weight is 277 g/mol. The lowest BCUT2D eigenvalue weighted by Crippen LogP contribution is -2.40. The topological polar surface area (TPSA) is 55.4 Å². The molecule has 20 heavy (non-hydrogen) atoms. The summed E-state index contributed by atoms with van der Waals surface area (Å²) in [7, 11) is 1.32. The van der Waals surface area contributed by atoms with E-state index in [0.717, 1.165) is 5.56 Å². The third-order valence-electron chi connectivity index (χ3n) is 3.10. The summed E-state index contributed by atoms with van der Waals surface area (Å²) in [4.78, 5) is 23.5. The normalized spacial score (nSPS) is 12.6. The van der Waals surface area contributed by atoms with Crippen LogP contribution < -0.4 is 5.32 Å². The van der Waals surface area contributed by atoms with Crippen LogP contribution in [-0.2, 0) is 16.0 Å². The number of rotatable bonds is 5. The predicted octanol–water partition coefficient (Wildman–Crippen LogP) is 2.96. The Hall–Kier alpha value is -1.84. The van der Waals surface area contributed by atoms with Crippen LogP contribution in [0.4, 0.5) is 4.79 Å². The van der Waals surface area contributed by atoms with Crippen molar-refractivity contribution < 1.29 is 14.3 Å². The van der Waals surface area contributed by atoms with Crippen LogP contribution in [0.15, 0.2) is 30.3 Å². The molecule has 0 heterocycles. The minimum Gasteiger partial charge on any atom is -0.453 e. The zero-order chi connectivity index (χ0) is 15.2. The third kappa shape index (κ3) is 5.43. The number of carbonyl (C=O) groups excluding carboxylic acids is 2. The van der Waals surface area contributed by atoms with Gasteiger partial charge in [-0.05, 0) is 12.0 Å². The van der Waals surface area contributed by atoms with E-state index >= 15 is 0 Å². The van der Waals surface area contributed by atoms with E-state index in [1.807, 2.05) is 51.1 Å². The Morgan fingerprint density at radius 2 is 1.80 bits per heavy atom. The SMILES string of the molecule is COC(=O)N[C@@H](CC(=O)C(C)(C)C)Cc1ccccc1. The summed E-state index contributed by atoms with van der Waals surface area (Å²) in [5, 5.41) is 2.74. The summed E-state index contributed by atoms with van der Waals surface area (Å²) in [5.74, 6) is 0.120. The van der Waals surface area contributed by atoms with E-state index in [4.69, 9.17) is 0 Å². The van der Waals surface area contributed by atoms with Crippen LogP contribution in [0.1, 0.15) is 32.8 Å². The van der Waals surface area contributed by atoms with Crippen molar-refractivity contribution in [2.24, 2.45) is 5.41 Å². The predicted molar refractivity (Wildman–Crippen MR) is 78.6 cm³/mol. The summed E-state index contributed by atoms with van der Waals surface area (Å²) in [6.45, 7) is 5.65. The van der Waals surface area contributed by atoms with Crippen molar-refractivity contribution in [3.63, 3.8) is 0 Å². The van der Waals surface area contributed by atoms with Gasteiger partial charge in [-0.15, -0.1) is 0 Å². The van der Waals surface area contributed by atoms with Gasteiger partial charge >= 0.3 is 6.09 Å². The van der Waals surface area contributed by atoms with Crippen LogP contribution >= 0.6 is 0 Å². The second-order valence-corrected chi connectivity index (χ2v) is 5.90. The molecule has 1 atom stereocenters. The molecule has 0 saturated heterocycles. The molecule has 0 aliphatic carbocycles. The van der Waals surface area contributed by atoms with Gasteiger partial charge < -0.3 is 10.1 Å². The molecule has 1 N–H and O–H groups in total. The molecule has 4 heteroatoms. The van der Waals surface area contributed by atoms with Gasteiger partial charge in [-0.3, -0.25) is 4.79 Å². The molecular formula is C16H23NO3. The number of ether oxygens (including phenoxy) is 1. The van der Waals surface area contributed by atoms with Crippen molar-refractivity contribution in [1.82, 2.24) is 5.32 Å². The van der Waals surface area contributed by atoms with Gasteiger partial charge in [-0.2, -0.15) is 0 Å². The Labute approximate surface area is 120 Å². The summed E-state index contributed by atoms with van der Waals surface area (Å²) >= 11 is 0. The molecule has 1 aromatic rings. The molecule has 4 nitrogen and oxygen atoms in total. The van der Waals surface area contributed by atoms with Crippen molar-refractivity contribution in [3.05, 3.63) is 35.9 Å². The van der Waals surface area contributed by atoms with Crippen molar-refractivity contribution >= 4 is 11.9 Å². The largest absolute Gasteiger partial charge is 0.453 e. The molecule has 0 bridgehead atoms. The van der Waals surface area contributed by atoms with Crippen molar-refractivity contribution in [2.75, 3.05) is 7.11 Å². The number of Topliss-reactive ketones (excluding diaryl/α,β-unsaturated/α-hetero) is 1. The Kier molecular flexibility index (Phi) is 5.74. The monoisotopic (exact) mass is 277 g/mol. The zero-order valence-corrected chi connectivity index (χ0v) is 12.6. The molecule has 1 aromatic carbocycles. The lowest BCUT2D eigenvalue weighted by Gasteiger charge is -2.22. The number of hydrogen-bond donors (Lipinski definition) is 1. The quantitative estimate of drug-likeness (QED) is 0.900. The molecule has 0 unspecified atom stereocenters. The fraction of sp³-hybridized carbons (Fsp3) is 0.500. The summed E-state index contributed by atoms with van der Waals surface area (Å²) in [6, 6.07) is 9.52. The summed E-state index contributed by atoms with van der Waals surface area (Å²) < 4.78 is 4.62. The van der Waals surface area contributed by atoms with E-state index in [9.17, 15) is 9.59 Å². The Balaban J connectivity index is 2.75. The molecule has 0 aliphatic rings. The first kappa shape index (κ1) is 16.2. The molecule has 0 radical (unpaired) electrons. The number of amides is 1. The van der Waals surface area contributed by atoms with Crippen LogP contribution in [0, 0.1) is 5.41 Å². The molecule has 110 valence electrons. The summed E-state index contributed by atoms with van der Waals surface area (Å²) in [5.41, 5.74) is 0.669. The van der Waals surface area contributed by atoms with Crippen molar-refractivity contribution in [1.29, 1.82) is 0 Å². The number of ketones is 1.